The van der Waals surface area contributed by atoms with Crippen LogP contribution in [0.1, 0.15) is 38.1 Å². The number of halogens is 1. The van der Waals surface area contributed by atoms with E-state index in [4.69, 9.17) is 0 Å². The molecule has 0 spiro atoms. The second-order valence-electron chi connectivity index (χ2n) is 4.87. The van der Waals surface area contributed by atoms with Crippen molar-refractivity contribution in [3.8, 4) is 0 Å². The summed E-state index contributed by atoms with van der Waals surface area (Å²) in [6, 6.07) is 0. The summed E-state index contributed by atoms with van der Waals surface area (Å²) in [5.74, 6) is 0. The van der Waals surface area contributed by atoms with Crippen LogP contribution in [-0.2, 0) is 19.5 Å². The standard InChI is InChI=1S/C13H22BrN3S/c1-4-10-12(14)11(17(5-2)16-10)8-15-9-13(18-3)6-7-13/h15H,4-9H2,1-3H3. The Hall–Kier alpha value is -0.000000000000000111. The summed E-state index contributed by atoms with van der Waals surface area (Å²) in [5, 5.41) is 8.22. The van der Waals surface area contributed by atoms with Gasteiger partial charge in [0.15, 0.2) is 0 Å². The number of nitrogens with one attached hydrogen (secondary N) is 1. The van der Waals surface area contributed by atoms with Crippen LogP contribution in [0.3, 0.4) is 0 Å². The summed E-state index contributed by atoms with van der Waals surface area (Å²) in [5.41, 5.74) is 2.45. The van der Waals surface area contributed by atoms with Crippen molar-refractivity contribution < 1.29 is 0 Å². The molecule has 1 N–H and O–H groups in total. The van der Waals surface area contributed by atoms with Crippen molar-refractivity contribution in [1.29, 1.82) is 0 Å². The molecule has 0 amide bonds. The molecule has 1 heterocycles. The summed E-state index contributed by atoms with van der Waals surface area (Å²) in [6.45, 7) is 7.24. The summed E-state index contributed by atoms with van der Waals surface area (Å²) < 4.78 is 3.82. The van der Waals surface area contributed by atoms with Gasteiger partial charge in [-0.1, -0.05) is 6.92 Å². The largest absolute Gasteiger partial charge is 0.310 e. The van der Waals surface area contributed by atoms with E-state index in [0.717, 1.165) is 26.1 Å². The zero-order valence-corrected chi connectivity index (χ0v) is 13.8. The monoisotopic (exact) mass is 331 g/mol. The van der Waals surface area contributed by atoms with Gasteiger partial charge >= 0.3 is 0 Å². The molecular formula is C13H22BrN3S. The van der Waals surface area contributed by atoms with E-state index >= 15 is 0 Å². The molecule has 2 rings (SSSR count). The van der Waals surface area contributed by atoms with Crippen LogP contribution in [0.2, 0.25) is 0 Å². The third kappa shape index (κ3) is 2.94. The maximum atomic E-state index is 4.62. The maximum absolute atomic E-state index is 4.62. The highest BCUT2D eigenvalue weighted by molar-refractivity contribution is 9.10. The Morgan fingerprint density at radius 2 is 2.17 bits per heavy atom. The van der Waals surface area contributed by atoms with Crippen LogP contribution in [0.15, 0.2) is 4.47 Å². The lowest BCUT2D eigenvalue weighted by molar-refractivity contribution is 0.572. The van der Waals surface area contributed by atoms with E-state index in [1.54, 1.807) is 0 Å². The Labute approximate surface area is 122 Å². The minimum absolute atomic E-state index is 0.525. The minimum Gasteiger partial charge on any atom is -0.310 e. The summed E-state index contributed by atoms with van der Waals surface area (Å²) in [6.07, 6.45) is 5.91. The van der Waals surface area contributed by atoms with Gasteiger partial charge in [0.1, 0.15) is 0 Å². The van der Waals surface area contributed by atoms with Gasteiger partial charge in [0.25, 0.3) is 0 Å². The average Bonchev–Trinajstić information content (AvgIpc) is 3.10. The van der Waals surface area contributed by atoms with E-state index in [9.17, 15) is 0 Å². The molecule has 5 heteroatoms. The number of thioether (sulfide) groups is 1. The zero-order chi connectivity index (χ0) is 13.2. The van der Waals surface area contributed by atoms with Crippen molar-refractivity contribution in [2.45, 2.75) is 50.9 Å². The summed E-state index contributed by atoms with van der Waals surface area (Å²) in [7, 11) is 0. The van der Waals surface area contributed by atoms with Crippen LogP contribution >= 0.6 is 27.7 Å². The molecule has 0 unspecified atom stereocenters. The molecule has 1 fully saturated rings. The Morgan fingerprint density at radius 1 is 1.44 bits per heavy atom. The molecule has 0 atom stereocenters. The van der Waals surface area contributed by atoms with E-state index in [0.29, 0.717) is 4.75 Å². The highest BCUT2D eigenvalue weighted by Crippen LogP contribution is 2.46. The number of rotatable bonds is 7. The van der Waals surface area contributed by atoms with Crippen LogP contribution in [-0.4, -0.2) is 27.3 Å². The molecular weight excluding hydrogens is 310 g/mol. The van der Waals surface area contributed by atoms with Gasteiger partial charge in [-0.05, 0) is 48.4 Å². The first kappa shape index (κ1) is 14.4. The van der Waals surface area contributed by atoms with E-state index in [-0.39, 0.29) is 0 Å². The molecule has 0 aliphatic heterocycles. The molecule has 1 aliphatic carbocycles. The first-order valence-corrected chi connectivity index (χ1v) is 8.67. The molecule has 102 valence electrons. The van der Waals surface area contributed by atoms with Crippen molar-refractivity contribution in [3.05, 3.63) is 15.9 Å². The first-order chi connectivity index (χ1) is 8.65. The molecule has 1 aromatic heterocycles. The lowest BCUT2D eigenvalue weighted by Gasteiger charge is -2.13. The van der Waals surface area contributed by atoms with Crippen molar-refractivity contribution in [1.82, 2.24) is 15.1 Å². The molecule has 0 radical (unpaired) electrons. The molecule has 0 bridgehead atoms. The number of hydrogen-bond donors (Lipinski definition) is 1. The third-order valence-electron chi connectivity index (χ3n) is 3.67. The van der Waals surface area contributed by atoms with Crippen LogP contribution < -0.4 is 5.32 Å². The predicted octanol–water partition coefficient (Wildman–Crippen LogP) is 3.21. The van der Waals surface area contributed by atoms with Gasteiger partial charge in [0, 0.05) is 24.4 Å². The van der Waals surface area contributed by atoms with Crippen LogP contribution in [0.25, 0.3) is 0 Å². The van der Waals surface area contributed by atoms with Crippen molar-refractivity contribution in [3.63, 3.8) is 0 Å². The number of hydrogen-bond acceptors (Lipinski definition) is 3. The van der Waals surface area contributed by atoms with Crippen molar-refractivity contribution in [2.24, 2.45) is 0 Å². The average molecular weight is 332 g/mol. The van der Waals surface area contributed by atoms with E-state index in [2.05, 4.69) is 51.1 Å². The fraction of sp³-hybridized carbons (Fsp3) is 0.769. The second-order valence-corrected chi connectivity index (χ2v) is 6.93. The van der Waals surface area contributed by atoms with Gasteiger partial charge in [-0.25, -0.2) is 0 Å². The maximum Gasteiger partial charge on any atom is 0.0767 e. The van der Waals surface area contributed by atoms with Gasteiger partial charge in [0.05, 0.1) is 15.9 Å². The van der Waals surface area contributed by atoms with Gasteiger partial charge in [0.2, 0.25) is 0 Å². The normalized spacial score (nSPS) is 17.1. The summed E-state index contributed by atoms with van der Waals surface area (Å²) in [4.78, 5) is 0. The smallest absolute Gasteiger partial charge is 0.0767 e. The zero-order valence-electron chi connectivity index (χ0n) is 11.4. The highest BCUT2D eigenvalue weighted by atomic mass is 79.9. The Morgan fingerprint density at radius 3 is 2.67 bits per heavy atom. The lowest BCUT2D eigenvalue weighted by atomic mass is 10.3. The van der Waals surface area contributed by atoms with E-state index in [1.165, 1.54) is 28.7 Å². The Bertz CT molecular complexity index is 413. The van der Waals surface area contributed by atoms with Crippen LogP contribution in [0, 0.1) is 0 Å². The molecule has 1 aliphatic rings. The fourth-order valence-electron chi connectivity index (χ4n) is 2.19. The minimum atomic E-state index is 0.525. The van der Waals surface area contributed by atoms with E-state index in [1.807, 2.05) is 11.8 Å². The third-order valence-corrected chi connectivity index (χ3v) is 6.01. The van der Waals surface area contributed by atoms with Gasteiger partial charge in [-0.15, -0.1) is 0 Å². The first-order valence-electron chi connectivity index (χ1n) is 6.65. The number of aryl methyl sites for hydroxylation is 2. The lowest BCUT2D eigenvalue weighted by Crippen LogP contribution is -2.26. The van der Waals surface area contributed by atoms with Crippen LogP contribution in [0.4, 0.5) is 0 Å². The predicted molar refractivity (Wildman–Crippen MR) is 82.2 cm³/mol. The molecule has 0 aromatic carbocycles. The fourth-order valence-corrected chi connectivity index (χ4v) is 3.65. The molecule has 3 nitrogen and oxygen atoms in total. The van der Waals surface area contributed by atoms with Crippen LogP contribution in [0.5, 0.6) is 0 Å². The number of aromatic nitrogens is 2. The second kappa shape index (κ2) is 5.97. The van der Waals surface area contributed by atoms with Crippen molar-refractivity contribution >= 4 is 27.7 Å². The highest BCUT2D eigenvalue weighted by Gasteiger charge is 2.41. The van der Waals surface area contributed by atoms with E-state index < -0.39 is 0 Å². The van der Waals surface area contributed by atoms with Gasteiger partial charge in [-0.2, -0.15) is 16.9 Å². The molecule has 1 aromatic rings. The van der Waals surface area contributed by atoms with Gasteiger partial charge in [-0.3, -0.25) is 4.68 Å². The SMILES string of the molecule is CCc1nn(CC)c(CNCC2(SC)CC2)c1Br. The van der Waals surface area contributed by atoms with Gasteiger partial charge < -0.3 is 5.32 Å². The molecule has 0 saturated heterocycles. The Balaban J connectivity index is 1.97. The van der Waals surface area contributed by atoms with Crippen molar-refractivity contribution in [2.75, 3.05) is 12.8 Å². The molecule has 18 heavy (non-hydrogen) atoms. The quantitative estimate of drug-likeness (QED) is 0.831. The molecule has 1 saturated carbocycles. The topological polar surface area (TPSA) is 29.9 Å². The Kier molecular flexibility index (Phi) is 4.78. The number of nitrogens with zero attached hydrogens (tertiary/aromatic N) is 2. The summed E-state index contributed by atoms with van der Waals surface area (Å²) >= 11 is 5.69.